The van der Waals surface area contributed by atoms with Crippen LogP contribution in [-0.4, -0.2) is 70.1 Å². The van der Waals surface area contributed by atoms with Crippen LogP contribution in [0.5, 0.6) is 23.3 Å². The second-order valence-electron chi connectivity index (χ2n) is 16.9. The van der Waals surface area contributed by atoms with E-state index >= 15 is 0 Å². The second kappa shape index (κ2) is 20.3. The van der Waals surface area contributed by atoms with E-state index < -0.39 is 0 Å². The van der Waals surface area contributed by atoms with Crippen molar-refractivity contribution in [2.45, 2.75) is 62.4 Å². The first-order valence-electron chi connectivity index (χ1n) is 22.5. The number of hydrogen-bond donors (Lipinski definition) is 2. The van der Waals surface area contributed by atoms with Gasteiger partial charge in [-0.05, 0) is 97.2 Å². The molecule has 6 aromatic rings. The van der Waals surface area contributed by atoms with Crippen LogP contribution in [0.3, 0.4) is 0 Å². The summed E-state index contributed by atoms with van der Waals surface area (Å²) in [7, 11) is 0. The summed E-state index contributed by atoms with van der Waals surface area (Å²) in [4.78, 5) is 37.7. The fourth-order valence-electron chi connectivity index (χ4n) is 8.49. The minimum absolute atomic E-state index is 0.0678. The number of nitrogens with zero attached hydrogens (tertiary/aromatic N) is 4. The zero-order chi connectivity index (χ0) is 43.5. The molecule has 2 saturated carbocycles. The molecule has 2 aromatic heterocycles. The Balaban J connectivity index is 0.000000162. The Bertz CT molecular complexity index is 2350. The highest BCUT2D eigenvalue weighted by atomic mass is 16.5. The predicted octanol–water partition coefficient (Wildman–Crippen LogP) is 11.2. The van der Waals surface area contributed by atoms with E-state index in [9.17, 15) is 9.59 Å². The van der Waals surface area contributed by atoms with Crippen LogP contribution >= 0.6 is 0 Å². The maximum atomic E-state index is 12.7. The number of piperidine rings is 2. The maximum Gasteiger partial charge on any atom is 0.317 e. The average molecular weight is 851 g/mol. The van der Waals surface area contributed by atoms with Gasteiger partial charge >= 0.3 is 12.1 Å². The van der Waals surface area contributed by atoms with Gasteiger partial charge in [0, 0.05) is 74.6 Å². The summed E-state index contributed by atoms with van der Waals surface area (Å²) in [6, 6.07) is 48.8. The first-order valence-corrected chi connectivity index (χ1v) is 22.5. The van der Waals surface area contributed by atoms with Crippen LogP contribution in [0.4, 0.5) is 9.59 Å². The number of pyridine rings is 2. The lowest BCUT2D eigenvalue weighted by Gasteiger charge is -2.28. The summed E-state index contributed by atoms with van der Waals surface area (Å²) in [5.74, 6) is 3.63. The summed E-state index contributed by atoms with van der Waals surface area (Å²) in [5, 5.41) is 6.42. The van der Waals surface area contributed by atoms with Crippen molar-refractivity contribution in [3.63, 3.8) is 0 Å². The Kier molecular flexibility index (Phi) is 13.4. The van der Waals surface area contributed by atoms with Gasteiger partial charge in [-0.25, -0.2) is 19.6 Å². The Labute approximate surface area is 375 Å². The van der Waals surface area contributed by atoms with E-state index in [1.807, 2.05) is 94.7 Å². The number of likely N-dealkylation sites (tertiary alicyclic amines) is 2. The number of benzene rings is 4. The third-order valence-corrected chi connectivity index (χ3v) is 12.2. The highest BCUT2D eigenvalue weighted by Crippen LogP contribution is 2.42. The molecule has 4 fully saturated rings. The minimum Gasteiger partial charge on any atom is -0.439 e. The van der Waals surface area contributed by atoms with Gasteiger partial charge in [0.1, 0.15) is 11.5 Å². The van der Waals surface area contributed by atoms with Crippen molar-refractivity contribution in [3.8, 4) is 23.3 Å². The number of urea groups is 2. The third kappa shape index (κ3) is 11.6. The number of rotatable bonds is 10. The Morgan fingerprint density at radius 3 is 1.30 bits per heavy atom. The number of carbonyl (C=O) groups is 2. The standard InChI is InChI=1S/2C27H27N3O2/c2*31-27(29-25-19-24(25)22-8-2-1-3-9-22)30-15-12-20(13-16-30)17-21-7-6-10-23(18-21)32-26-11-4-5-14-28-26/h2*1-11,14,17-18,24-25H,12-13,15-16,19H2,(H,29,31)/t2*24-,25+/m10/s1. The normalized spacial score (nSPS) is 19.9. The molecule has 4 atom stereocenters. The van der Waals surface area contributed by atoms with Gasteiger partial charge in [-0.1, -0.05) is 120 Å². The lowest BCUT2D eigenvalue weighted by atomic mass is 10.0. The van der Waals surface area contributed by atoms with E-state index in [2.05, 4.69) is 93.4 Å². The molecule has 0 unspecified atom stereocenters. The monoisotopic (exact) mass is 850 g/mol. The van der Waals surface area contributed by atoms with Crippen molar-refractivity contribution in [1.29, 1.82) is 0 Å². The van der Waals surface area contributed by atoms with Gasteiger partial charge in [-0.2, -0.15) is 0 Å². The molecule has 10 heteroatoms. The fraction of sp³-hybridized carbons (Fsp3) is 0.259. The fourth-order valence-corrected chi connectivity index (χ4v) is 8.49. The Hall–Kier alpha value is -7.20. The van der Waals surface area contributed by atoms with E-state index in [1.165, 1.54) is 22.3 Å². The molecule has 2 aliphatic heterocycles. The van der Waals surface area contributed by atoms with E-state index in [1.54, 1.807) is 12.4 Å². The van der Waals surface area contributed by atoms with Crippen molar-refractivity contribution in [2.24, 2.45) is 0 Å². The van der Waals surface area contributed by atoms with Crippen molar-refractivity contribution >= 4 is 24.2 Å². The highest BCUT2D eigenvalue weighted by Gasteiger charge is 2.41. The van der Waals surface area contributed by atoms with Crippen LogP contribution in [0.15, 0.2) is 169 Å². The van der Waals surface area contributed by atoms with Crippen LogP contribution in [0, 0.1) is 0 Å². The van der Waals surface area contributed by atoms with Crippen molar-refractivity contribution in [3.05, 3.63) is 191 Å². The lowest BCUT2D eigenvalue weighted by Crippen LogP contribution is -2.44. The Morgan fingerprint density at radius 2 is 0.906 bits per heavy atom. The average Bonchev–Trinajstić information content (AvgIpc) is 4.28. The van der Waals surface area contributed by atoms with E-state index in [-0.39, 0.29) is 24.1 Å². The van der Waals surface area contributed by atoms with Crippen LogP contribution < -0.4 is 20.1 Å². The first kappa shape index (κ1) is 42.1. The van der Waals surface area contributed by atoms with Crippen molar-refractivity contribution < 1.29 is 19.1 Å². The summed E-state index contributed by atoms with van der Waals surface area (Å²) in [6.45, 7) is 3.02. The smallest absolute Gasteiger partial charge is 0.317 e. The molecule has 2 saturated heterocycles. The number of amides is 4. The molecule has 64 heavy (non-hydrogen) atoms. The third-order valence-electron chi connectivity index (χ3n) is 12.2. The molecule has 0 bridgehead atoms. The van der Waals surface area contributed by atoms with Gasteiger partial charge < -0.3 is 29.9 Å². The van der Waals surface area contributed by atoms with Crippen molar-refractivity contribution in [2.75, 3.05) is 26.2 Å². The number of nitrogens with one attached hydrogen (secondary N) is 2. The van der Waals surface area contributed by atoms with Crippen molar-refractivity contribution in [1.82, 2.24) is 30.4 Å². The molecular formula is C54H54N6O4. The van der Waals surface area contributed by atoms with Crippen LogP contribution in [0.1, 0.15) is 72.6 Å². The van der Waals surface area contributed by atoms with Crippen LogP contribution in [-0.2, 0) is 0 Å². The Morgan fingerprint density at radius 1 is 0.500 bits per heavy atom. The minimum atomic E-state index is 0.0678. The number of carbonyl (C=O) groups excluding carboxylic acids is 2. The molecule has 0 radical (unpaired) electrons. The topological polar surface area (TPSA) is 109 Å². The molecule has 324 valence electrons. The number of aromatic nitrogens is 2. The van der Waals surface area contributed by atoms with Gasteiger partial charge in [0.2, 0.25) is 11.8 Å². The molecule has 4 amide bonds. The van der Waals surface area contributed by atoms with E-state index in [0.717, 1.165) is 87.3 Å². The zero-order valence-corrected chi connectivity index (χ0v) is 36.0. The number of ether oxygens (including phenoxy) is 2. The number of hydrogen-bond acceptors (Lipinski definition) is 6. The quantitative estimate of drug-likeness (QED) is 0.142. The summed E-state index contributed by atoms with van der Waals surface area (Å²) < 4.78 is 11.7. The van der Waals surface area contributed by atoms with E-state index in [4.69, 9.17) is 9.47 Å². The zero-order valence-electron chi connectivity index (χ0n) is 36.0. The van der Waals surface area contributed by atoms with Gasteiger partial charge in [0.05, 0.1) is 0 Å². The molecular weight excluding hydrogens is 797 g/mol. The van der Waals surface area contributed by atoms with Gasteiger partial charge in [0.15, 0.2) is 0 Å². The molecule has 4 aliphatic rings. The molecule has 2 N–H and O–H groups in total. The lowest BCUT2D eigenvalue weighted by molar-refractivity contribution is 0.192. The maximum absolute atomic E-state index is 12.7. The largest absolute Gasteiger partial charge is 0.439 e. The highest BCUT2D eigenvalue weighted by molar-refractivity contribution is 5.76. The van der Waals surface area contributed by atoms with E-state index in [0.29, 0.717) is 23.6 Å². The van der Waals surface area contributed by atoms with Gasteiger partial charge in [0.25, 0.3) is 0 Å². The molecule has 10 rings (SSSR count). The summed E-state index contributed by atoms with van der Waals surface area (Å²) in [6.07, 6.45) is 13.5. The van der Waals surface area contributed by atoms with Crippen LogP contribution in [0.25, 0.3) is 12.2 Å². The van der Waals surface area contributed by atoms with Gasteiger partial charge in [-0.15, -0.1) is 0 Å². The molecule has 4 heterocycles. The summed E-state index contributed by atoms with van der Waals surface area (Å²) >= 11 is 0. The SMILES string of the molecule is O=C(N[C@@H]1C[C@H]1c1ccccc1)N1CCC(=Cc2cccc(Oc3ccccn3)c2)CC1.O=C(N[C@H]1C[C@@H]1c1ccccc1)N1CCC(=Cc2cccc(Oc3ccccn3)c2)CC1. The second-order valence-corrected chi connectivity index (χ2v) is 16.9. The molecule has 4 aromatic carbocycles. The first-order chi connectivity index (χ1) is 31.5. The van der Waals surface area contributed by atoms with Gasteiger partial charge in [-0.3, -0.25) is 0 Å². The van der Waals surface area contributed by atoms with Crippen LogP contribution in [0.2, 0.25) is 0 Å². The molecule has 0 spiro atoms. The predicted molar refractivity (Wildman–Crippen MR) is 251 cm³/mol. The molecule has 2 aliphatic carbocycles. The summed E-state index contributed by atoms with van der Waals surface area (Å²) in [5.41, 5.74) is 7.56. The molecule has 10 nitrogen and oxygen atoms in total.